The zero-order chi connectivity index (χ0) is 15.4. The fraction of sp³-hybridized carbons (Fsp3) is 0.294. The first-order chi connectivity index (χ1) is 9.99. The van der Waals surface area contributed by atoms with Crippen LogP contribution < -0.4 is 10.5 Å². The average molecular weight is 352 g/mol. The monoisotopic (exact) mass is 351 g/mol. The largest absolute Gasteiger partial charge is 0.457 e. The molecule has 0 saturated carbocycles. The Bertz CT molecular complexity index is 630. The van der Waals surface area contributed by atoms with Crippen LogP contribution in [0.1, 0.15) is 24.5 Å². The fourth-order valence-corrected chi connectivity index (χ4v) is 2.36. The van der Waals surface area contributed by atoms with Gasteiger partial charge in [-0.1, -0.05) is 35.0 Å². The van der Waals surface area contributed by atoms with Gasteiger partial charge in [0.1, 0.15) is 17.3 Å². The first-order valence-electron chi connectivity index (χ1n) is 6.97. The second kappa shape index (κ2) is 7.05. The van der Waals surface area contributed by atoms with E-state index in [-0.39, 0.29) is 11.9 Å². The highest BCUT2D eigenvalue weighted by molar-refractivity contribution is 9.10. The van der Waals surface area contributed by atoms with Gasteiger partial charge in [0.2, 0.25) is 0 Å². The molecule has 1 atom stereocenters. The van der Waals surface area contributed by atoms with Crippen LogP contribution in [0.25, 0.3) is 0 Å². The van der Waals surface area contributed by atoms with Crippen molar-refractivity contribution in [1.82, 2.24) is 0 Å². The standard InChI is InChI=1S/C17H19BrFNO/c1-3-15(20)8-12-5-6-13(18)9-17(12)21-16-10-14(19)7-4-11(16)2/h4-7,9-10,15H,3,8,20H2,1-2H3. The molecule has 0 radical (unpaired) electrons. The maximum absolute atomic E-state index is 13.4. The molecule has 0 spiro atoms. The Morgan fingerprint density at radius 2 is 1.95 bits per heavy atom. The van der Waals surface area contributed by atoms with E-state index >= 15 is 0 Å². The normalized spacial score (nSPS) is 12.2. The van der Waals surface area contributed by atoms with E-state index in [1.54, 1.807) is 6.07 Å². The Hall–Kier alpha value is -1.39. The molecule has 0 saturated heterocycles. The van der Waals surface area contributed by atoms with E-state index in [0.717, 1.165) is 28.4 Å². The number of hydrogen-bond acceptors (Lipinski definition) is 2. The van der Waals surface area contributed by atoms with E-state index in [1.807, 2.05) is 25.1 Å². The molecule has 2 aromatic rings. The fourth-order valence-electron chi connectivity index (χ4n) is 2.02. The molecule has 0 aliphatic heterocycles. The summed E-state index contributed by atoms with van der Waals surface area (Å²) in [5.41, 5.74) is 7.95. The van der Waals surface area contributed by atoms with Crippen LogP contribution in [-0.4, -0.2) is 6.04 Å². The predicted octanol–water partition coefficient (Wildman–Crippen LogP) is 4.97. The molecule has 0 aliphatic rings. The number of rotatable bonds is 5. The molecule has 4 heteroatoms. The molecular weight excluding hydrogens is 333 g/mol. The maximum atomic E-state index is 13.4. The molecule has 2 aromatic carbocycles. The molecule has 0 fully saturated rings. The minimum absolute atomic E-state index is 0.0853. The van der Waals surface area contributed by atoms with Gasteiger partial charge >= 0.3 is 0 Å². The summed E-state index contributed by atoms with van der Waals surface area (Å²) in [6.07, 6.45) is 1.63. The lowest BCUT2D eigenvalue weighted by Crippen LogP contribution is -2.21. The van der Waals surface area contributed by atoms with Crippen LogP contribution in [-0.2, 0) is 6.42 Å². The van der Waals surface area contributed by atoms with E-state index in [1.165, 1.54) is 12.1 Å². The number of benzene rings is 2. The third kappa shape index (κ3) is 4.29. The van der Waals surface area contributed by atoms with Gasteiger partial charge in [0, 0.05) is 16.6 Å². The SMILES string of the molecule is CCC(N)Cc1ccc(Br)cc1Oc1cc(F)ccc1C. The van der Waals surface area contributed by atoms with Crippen molar-refractivity contribution in [2.24, 2.45) is 5.73 Å². The molecule has 112 valence electrons. The smallest absolute Gasteiger partial charge is 0.133 e. The zero-order valence-corrected chi connectivity index (χ0v) is 13.8. The summed E-state index contributed by atoms with van der Waals surface area (Å²) in [5, 5.41) is 0. The van der Waals surface area contributed by atoms with Crippen LogP contribution >= 0.6 is 15.9 Å². The average Bonchev–Trinajstić information content (AvgIpc) is 2.45. The summed E-state index contributed by atoms with van der Waals surface area (Å²) in [7, 11) is 0. The second-order valence-corrected chi connectivity index (χ2v) is 6.05. The molecule has 2 N–H and O–H groups in total. The summed E-state index contributed by atoms with van der Waals surface area (Å²) in [6.45, 7) is 3.95. The van der Waals surface area contributed by atoms with E-state index in [9.17, 15) is 4.39 Å². The van der Waals surface area contributed by atoms with Gasteiger partial charge in [-0.2, -0.15) is 0 Å². The molecule has 0 aromatic heterocycles. The number of halogens is 2. The van der Waals surface area contributed by atoms with Crippen LogP contribution in [0.5, 0.6) is 11.5 Å². The van der Waals surface area contributed by atoms with E-state index in [0.29, 0.717) is 11.5 Å². The topological polar surface area (TPSA) is 35.2 Å². The van der Waals surface area contributed by atoms with E-state index in [2.05, 4.69) is 22.9 Å². The Kier molecular flexibility index (Phi) is 5.37. The summed E-state index contributed by atoms with van der Waals surface area (Å²) in [5.74, 6) is 0.929. The van der Waals surface area contributed by atoms with Gasteiger partial charge < -0.3 is 10.5 Å². The van der Waals surface area contributed by atoms with Crippen LogP contribution in [0.3, 0.4) is 0 Å². The number of aryl methyl sites for hydroxylation is 1. The molecule has 0 bridgehead atoms. The minimum Gasteiger partial charge on any atom is -0.457 e. The number of ether oxygens (including phenoxy) is 1. The Morgan fingerprint density at radius 1 is 1.19 bits per heavy atom. The van der Waals surface area contributed by atoms with Crippen LogP contribution in [0, 0.1) is 12.7 Å². The molecule has 0 aliphatic carbocycles. The lowest BCUT2D eigenvalue weighted by atomic mass is 10.0. The minimum atomic E-state index is -0.308. The first-order valence-corrected chi connectivity index (χ1v) is 7.77. The Balaban J connectivity index is 2.33. The zero-order valence-electron chi connectivity index (χ0n) is 12.2. The van der Waals surface area contributed by atoms with Crippen LogP contribution in [0.15, 0.2) is 40.9 Å². The summed E-state index contributed by atoms with van der Waals surface area (Å²) in [4.78, 5) is 0. The molecular formula is C17H19BrFNO. The summed E-state index contributed by atoms with van der Waals surface area (Å²) in [6, 6.07) is 10.5. The van der Waals surface area contributed by atoms with Crippen LogP contribution in [0.4, 0.5) is 4.39 Å². The Labute approximate surface area is 133 Å². The third-order valence-corrected chi connectivity index (χ3v) is 3.90. The maximum Gasteiger partial charge on any atom is 0.133 e. The molecule has 1 unspecified atom stereocenters. The summed E-state index contributed by atoms with van der Waals surface area (Å²) >= 11 is 3.44. The van der Waals surface area contributed by atoms with E-state index < -0.39 is 0 Å². The van der Waals surface area contributed by atoms with Crippen molar-refractivity contribution in [1.29, 1.82) is 0 Å². The van der Waals surface area contributed by atoms with Gasteiger partial charge in [-0.15, -0.1) is 0 Å². The van der Waals surface area contributed by atoms with E-state index in [4.69, 9.17) is 10.5 Å². The first kappa shape index (κ1) is 16.0. The Morgan fingerprint density at radius 3 is 2.67 bits per heavy atom. The van der Waals surface area contributed by atoms with Crippen molar-refractivity contribution < 1.29 is 9.13 Å². The highest BCUT2D eigenvalue weighted by Crippen LogP contribution is 2.31. The van der Waals surface area contributed by atoms with Crippen LogP contribution in [0.2, 0.25) is 0 Å². The lowest BCUT2D eigenvalue weighted by molar-refractivity contribution is 0.463. The highest BCUT2D eigenvalue weighted by atomic mass is 79.9. The van der Waals surface area contributed by atoms with Crippen molar-refractivity contribution >= 4 is 15.9 Å². The van der Waals surface area contributed by atoms with Gasteiger partial charge in [0.15, 0.2) is 0 Å². The predicted molar refractivity (Wildman–Crippen MR) is 87.3 cm³/mol. The van der Waals surface area contributed by atoms with Crippen molar-refractivity contribution in [2.75, 3.05) is 0 Å². The van der Waals surface area contributed by atoms with Gasteiger partial charge in [-0.25, -0.2) is 4.39 Å². The molecule has 2 rings (SSSR count). The number of hydrogen-bond donors (Lipinski definition) is 1. The van der Waals surface area contributed by atoms with Crippen molar-refractivity contribution in [3.05, 3.63) is 57.8 Å². The van der Waals surface area contributed by atoms with Crippen molar-refractivity contribution in [3.63, 3.8) is 0 Å². The van der Waals surface area contributed by atoms with Gasteiger partial charge in [0.25, 0.3) is 0 Å². The number of nitrogens with two attached hydrogens (primary N) is 1. The lowest BCUT2D eigenvalue weighted by Gasteiger charge is -2.16. The quantitative estimate of drug-likeness (QED) is 0.825. The molecule has 0 amide bonds. The van der Waals surface area contributed by atoms with Gasteiger partial charge in [0.05, 0.1) is 0 Å². The van der Waals surface area contributed by atoms with Gasteiger partial charge in [-0.05, 0) is 49.1 Å². The second-order valence-electron chi connectivity index (χ2n) is 5.14. The summed E-state index contributed by atoms with van der Waals surface area (Å²) < 4.78 is 20.2. The molecule has 2 nitrogen and oxygen atoms in total. The van der Waals surface area contributed by atoms with Crippen molar-refractivity contribution in [3.8, 4) is 11.5 Å². The third-order valence-electron chi connectivity index (χ3n) is 3.41. The van der Waals surface area contributed by atoms with Gasteiger partial charge in [-0.3, -0.25) is 0 Å². The molecule has 0 heterocycles. The highest BCUT2D eigenvalue weighted by Gasteiger charge is 2.11. The molecule has 21 heavy (non-hydrogen) atoms. The van der Waals surface area contributed by atoms with Crippen molar-refractivity contribution in [2.45, 2.75) is 32.7 Å².